The van der Waals surface area contributed by atoms with E-state index >= 15 is 0 Å². The number of nitrogen functional groups attached to an aromatic ring is 1. The van der Waals surface area contributed by atoms with E-state index in [1.807, 2.05) is 6.20 Å². The molecule has 12 heteroatoms. The van der Waals surface area contributed by atoms with Gasteiger partial charge in [-0.2, -0.15) is 5.10 Å². The van der Waals surface area contributed by atoms with E-state index in [0.717, 1.165) is 5.56 Å². The van der Waals surface area contributed by atoms with Crippen LogP contribution in [0.25, 0.3) is 11.4 Å². The van der Waals surface area contributed by atoms with Crippen LogP contribution in [0.1, 0.15) is 11.3 Å². The third-order valence-electron chi connectivity index (χ3n) is 4.18. The molecule has 0 aliphatic carbocycles. The zero-order chi connectivity index (χ0) is 22.4. The first-order valence-electron chi connectivity index (χ1n) is 9.31. The molecule has 0 atom stereocenters. The van der Waals surface area contributed by atoms with E-state index in [1.54, 1.807) is 42.2 Å². The van der Waals surface area contributed by atoms with E-state index in [9.17, 15) is 13.2 Å². The molecule has 5 N–H and O–H groups in total. The normalized spacial score (nSPS) is 11.3. The lowest BCUT2D eigenvalue weighted by molar-refractivity contribution is 0.251. The molecule has 0 aliphatic rings. The second kappa shape index (κ2) is 9.53. The molecular formula is C19H23N7O4S. The molecule has 0 aliphatic heterocycles. The molecule has 0 bridgehead atoms. The second-order valence-corrected chi connectivity index (χ2v) is 9.01. The highest BCUT2D eigenvalue weighted by molar-refractivity contribution is 7.90. The molecule has 2 amide bonds. The first kappa shape index (κ1) is 22.2. The molecule has 0 spiro atoms. The lowest BCUT2D eigenvalue weighted by Crippen LogP contribution is -2.28. The Kier molecular flexibility index (Phi) is 6.82. The second-order valence-electron chi connectivity index (χ2n) is 6.83. The minimum Gasteiger partial charge on any atom is -0.395 e. The van der Waals surface area contributed by atoms with Crippen LogP contribution in [0.3, 0.4) is 0 Å². The Morgan fingerprint density at radius 1 is 1.23 bits per heavy atom. The van der Waals surface area contributed by atoms with Gasteiger partial charge in [-0.25, -0.2) is 23.2 Å². The fourth-order valence-electron chi connectivity index (χ4n) is 2.78. The molecule has 31 heavy (non-hydrogen) atoms. The van der Waals surface area contributed by atoms with Crippen molar-refractivity contribution in [2.45, 2.75) is 12.3 Å². The highest BCUT2D eigenvalue weighted by atomic mass is 32.2. The maximum atomic E-state index is 12.1. The largest absolute Gasteiger partial charge is 0.395 e. The molecule has 1 aromatic carbocycles. The number of carbonyl (C=O) groups is 1. The molecule has 0 unspecified atom stereocenters. The average molecular weight is 446 g/mol. The number of hydrogen-bond donors (Lipinski definition) is 4. The molecule has 3 rings (SSSR count). The zero-order valence-electron chi connectivity index (χ0n) is 16.8. The molecule has 3 aromatic rings. The van der Waals surface area contributed by atoms with Crippen molar-refractivity contribution < 1.29 is 18.3 Å². The smallest absolute Gasteiger partial charge is 0.319 e. The number of aliphatic hydroxyl groups is 1. The number of urea groups is 1. The summed E-state index contributed by atoms with van der Waals surface area (Å²) in [6, 6.07) is 7.75. The van der Waals surface area contributed by atoms with Gasteiger partial charge in [0, 0.05) is 42.7 Å². The summed E-state index contributed by atoms with van der Waals surface area (Å²) in [5.41, 5.74) is 8.09. The van der Waals surface area contributed by atoms with Gasteiger partial charge in [-0.1, -0.05) is 0 Å². The summed E-state index contributed by atoms with van der Waals surface area (Å²) in [5, 5.41) is 18.4. The number of carbonyl (C=O) groups excluding carboxylic acids is 1. The van der Waals surface area contributed by atoms with Gasteiger partial charge in [0.1, 0.15) is 5.82 Å². The molecule has 164 valence electrons. The number of aromatic nitrogens is 4. The number of anilines is 2. The molecule has 2 aromatic heterocycles. The Balaban J connectivity index is 1.66. The van der Waals surface area contributed by atoms with Crippen molar-refractivity contribution in [1.82, 2.24) is 25.1 Å². The number of hydrogen-bond acceptors (Lipinski definition) is 8. The number of aliphatic hydroxyl groups excluding tert-OH is 1. The van der Waals surface area contributed by atoms with Gasteiger partial charge < -0.3 is 21.5 Å². The summed E-state index contributed by atoms with van der Waals surface area (Å²) in [5.74, 6) is -0.294. The SMILES string of the molecule is Cn1cc(CNC(=O)Nc2ccc(-c3nc(N)cc(CS(=O)(=O)CCO)n3)cc2)cn1. The first-order chi connectivity index (χ1) is 14.7. The maximum absolute atomic E-state index is 12.1. The van der Waals surface area contributed by atoms with Crippen LogP contribution in [0.4, 0.5) is 16.3 Å². The minimum atomic E-state index is -3.50. The summed E-state index contributed by atoms with van der Waals surface area (Å²) in [4.78, 5) is 20.5. The quantitative estimate of drug-likeness (QED) is 0.393. The number of nitrogens with two attached hydrogens (primary N) is 1. The van der Waals surface area contributed by atoms with Gasteiger partial charge in [-0.3, -0.25) is 4.68 Å². The molecular weight excluding hydrogens is 422 g/mol. The van der Waals surface area contributed by atoms with Crippen molar-refractivity contribution in [3.63, 3.8) is 0 Å². The predicted molar refractivity (Wildman–Crippen MR) is 116 cm³/mol. The maximum Gasteiger partial charge on any atom is 0.319 e. The molecule has 11 nitrogen and oxygen atoms in total. The fraction of sp³-hybridized carbons (Fsp3) is 0.263. The average Bonchev–Trinajstić information content (AvgIpc) is 3.11. The minimum absolute atomic E-state index is 0.135. The molecule has 0 saturated carbocycles. The van der Waals surface area contributed by atoms with Crippen LogP contribution in [0, 0.1) is 0 Å². The van der Waals surface area contributed by atoms with E-state index in [-0.39, 0.29) is 34.9 Å². The fourth-order valence-corrected chi connectivity index (χ4v) is 3.80. The summed E-state index contributed by atoms with van der Waals surface area (Å²) in [6.45, 7) is -0.114. The van der Waals surface area contributed by atoms with Crippen molar-refractivity contribution in [2.75, 3.05) is 23.4 Å². The Morgan fingerprint density at radius 3 is 2.61 bits per heavy atom. The lowest BCUT2D eigenvalue weighted by Gasteiger charge is -2.09. The van der Waals surface area contributed by atoms with Crippen LogP contribution in [0.5, 0.6) is 0 Å². The van der Waals surface area contributed by atoms with Gasteiger partial charge in [0.2, 0.25) is 0 Å². The van der Waals surface area contributed by atoms with Crippen LogP contribution in [-0.4, -0.2) is 51.7 Å². The van der Waals surface area contributed by atoms with Crippen molar-refractivity contribution in [3.8, 4) is 11.4 Å². The van der Waals surface area contributed by atoms with Gasteiger partial charge in [0.05, 0.1) is 30.0 Å². The number of nitrogens with zero attached hydrogens (tertiary/aromatic N) is 4. The van der Waals surface area contributed by atoms with Crippen LogP contribution in [0.15, 0.2) is 42.7 Å². The third kappa shape index (κ3) is 6.49. The van der Waals surface area contributed by atoms with Gasteiger partial charge >= 0.3 is 6.03 Å². The number of benzene rings is 1. The zero-order valence-corrected chi connectivity index (χ0v) is 17.6. The topological polar surface area (TPSA) is 165 Å². The number of nitrogens with one attached hydrogen (secondary N) is 2. The van der Waals surface area contributed by atoms with E-state index in [0.29, 0.717) is 17.8 Å². The van der Waals surface area contributed by atoms with Crippen LogP contribution >= 0.6 is 0 Å². The van der Waals surface area contributed by atoms with Crippen LogP contribution < -0.4 is 16.4 Å². The molecule has 0 saturated heterocycles. The van der Waals surface area contributed by atoms with Crippen molar-refractivity contribution in [1.29, 1.82) is 0 Å². The van der Waals surface area contributed by atoms with Gasteiger partial charge in [-0.05, 0) is 24.3 Å². The Hall–Kier alpha value is -3.51. The van der Waals surface area contributed by atoms with Gasteiger partial charge in [0.15, 0.2) is 15.7 Å². The Labute approximate surface area is 179 Å². The standard InChI is InChI=1S/C19H23N7O4S/c1-26-11-13(10-22-26)9-21-19(28)24-15-4-2-14(3-5-15)18-23-16(8-17(20)25-18)12-31(29,30)7-6-27/h2-5,8,10-11,27H,6-7,9,12H2,1H3,(H2,20,23,25)(H2,21,24,28). The van der Waals surface area contributed by atoms with Crippen LogP contribution in [0.2, 0.25) is 0 Å². The monoisotopic (exact) mass is 445 g/mol. The predicted octanol–water partition coefficient (Wildman–Crippen LogP) is 0.688. The van der Waals surface area contributed by atoms with E-state index in [4.69, 9.17) is 10.8 Å². The highest BCUT2D eigenvalue weighted by Gasteiger charge is 2.15. The molecule has 0 radical (unpaired) electrons. The number of aryl methyl sites for hydroxylation is 1. The third-order valence-corrected chi connectivity index (χ3v) is 5.72. The molecule has 2 heterocycles. The highest BCUT2D eigenvalue weighted by Crippen LogP contribution is 2.20. The lowest BCUT2D eigenvalue weighted by atomic mass is 10.2. The number of sulfone groups is 1. The van der Waals surface area contributed by atoms with E-state index in [2.05, 4.69) is 25.7 Å². The van der Waals surface area contributed by atoms with Crippen molar-refractivity contribution >= 4 is 27.4 Å². The van der Waals surface area contributed by atoms with E-state index in [1.165, 1.54) is 6.07 Å². The summed E-state index contributed by atoms with van der Waals surface area (Å²) in [6.07, 6.45) is 3.48. The summed E-state index contributed by atoms with van der Waals surface area (Å²) >= 11 is 0. The van der Waals surface area contributed by atoms with Crippen molar-refractivity contribution in [3.05, 3.63) is 54.0 Å². The summed E-state index contributed by atoms with van der Waals surface area (Å²) in [7, 11) is -1.70. The van der Waals surface area contributed by atoms with Crippen molar-refractivity contribution in [2.24, 2.45) is 7.05 Å². The van der Waals surface area contributed by atoms with Gasteiger partial charge in [-0.15, -0.1) is 0 Å². The Bertz CT molecular complexity index is 1160. The van der Waals surface area contributed by atoms with Gasteiger partial charge in [0.25, 0.3) is 0 Å². The van der Waals surface area contributed by atoms with E-state index < -0.39 is 16.4 Å². The molecule has 0 fully saturated rings. The number of rotatable bonds is 8. The Morgan fingerprint density at radius 2 is 1.97 bits per heavy atom. The summed E-state index contributed by atoms with van der Waals surface area (Å²) < 4.78 is 25.5. The first-order valence-corrected chi connectivity index (χ1v) is 11.1. The van der Waals surface area contributed by atoms with Crippen LogP contribution in [-0.2, 0) is 29.2 Å². The number of amides is 2.